The van der Waals surface area contributed by atoms with Crippen molar-refractivity contribution < 1.29 is 27.1 Å². The first-order valence-electron chi connectivity index (χ1n) is 12.2. The van der Waals surface area contributed by atoms with Crippen LogP contribution in [-0.2, 0) is 19.1 Å². The fourth-order valence-corrected chi connectivity index (χ4v) is 4.00. The van der Waals surface area contributed by atoms with Crippen LogP contribution in [0.3, 0.4) is 0 Å². The molecule has 6 nitrogen and oxygen atoms in total. The molecular weight excluding hydrogens is 495 g/mol. The minimum atomic E-state index is -4.36. The van der Waals surface area contributed by atoms with Crippen LogP contribution in [0.4, 0.5) is 13.2 Å². The number of nitrogens with zero attached hydrogens (tertiary/aromatic N) is 3. The van der Waals surface area contributed by atoms with Gasteiger partial charge in [-0.15, -0.1) is 0 Å². The Morgan fingerprint density at radius 3 is 2.55 bits per heavy atom. The summed E-state index contributed by atoms with van der Waals surface area (Å²) in [5, 5.41) is 0. The minimum Gasteiger partial charge on any atom is -0.490 e. The van der Waals surface area contributed by atoms with E-state index in [0.717, 1.165) is 47.4 Å². The average molecular weight is 524 g/mol. The van der Waals surface area contributed by atoms with Gasteiger partial charge in [0, 0.05) is 37.9 Å². The van der Waals surface area contributed by atoms with Crippen LogP contribution in [0.25, 0.3) is 12.2 Å². The van der Waals surface area contributed by atoms with Crippen molar-refractivity contribution in [2.75, 3.05) is 0 Å². The highest BCUT2D eigenvalue weighted by Crippen LogP contribution is 2.29. The van der Waals surface area contributed by atoms with Crippen LogP contribution < -0.4 is 4.74 Å². The van der Waals surface area contributed by atoms with Crippen molar-refractivity contribution in [1.82, 2.24) is 14.5 Å². The van der Waals surface area contributed by atoms with E-state index >= 15 is 0 Å². The number of carbonyl (C=O) groups is 1. The van der Waals surface area contributed by atoms with E-state index in [2.05, 4.69) is 9.97 Å². The highest BCUT2D eigenvalue weighted by Gasteiger charge is 2.29. The van der Waals surface area contributed by atoms with Gasteiger partial charge >= 0.3 is 6.18 Å². The normalized spacial score (nSPS) is 12.7. The first-order chi connectivity index (χ1) is 18.1. The van der Waals surface area contributed by atoms with Crippen molar-refractivity contribution in [3.05, 3.63) is 100 Å². The number of rotatable bonds is 10. The Morgan fingerprint density at radius 1 is 1.11 bits per heavy atom. The fourth-order valence-electron chi connectivity index (χ4n) is 4.00. The van der Waals surface area contributed by atoms with E-state index in [0.29, 0.717) is 36.0 Å². The molecule has 0 aliphatic carbocycles. The molecule has 0 saturated heterocycles. The largest absolute Gasteiger partial charge is 0.490 e. The average Bonchev–Trinajstić information content (AvgIpc) is 3.48. The van der Waals surface area contributed by atoms with Gasteiger partial charge in [0.05, 0.1) is 17.4 Å². The van der Waals surface area contributed by atoms with Crippen LogP contribution in [0.2, 0.25) is 0 Å². The Kier molecular flexibility index (Phi) is 8.14. The molecule has 198 valence electrons. The number of aldehydes is 1. The first-order valence-corrected chi connectivity index (χ1v) is 12.2. The van der Waals surface area contributed by atoms with Gasteiger partial charge in [-0.3, -0.25) is 4.79 Å². The molecule has 4 rings (SSSR count). The van der Waals surface area contributed by atoms with Gasteiger partial charge < -0.3 is 13.7 Å². The van der Waals surface area contributed by atoms with Gasteiger partial charge in [-0.1, -0.05) is 24.3 Å². The van der Waals surface area contributed by atoms with Gasteiger partial charge in [0.2, 0.25) is 5.89 Å². The number of aromatic nitrogens is 3. The number of aryl methyl sites for hydroxylation is 3. The third-order valence-electron chi connectivity index (χ3n) is 6.13. The van der Waals surface area contributed by atoms with Crippen molar-refractivity contribution in [3.8, 4) is 5.75 Å². The second kappa shape index (κ2) is 11.5. The van der Waals surface area contributed by atoms with E-state index in [4.69, 9.17) is 9.15 Å². The van der Waals surface area contributed by atoms with Crippen molar-refractivity contribution in [2.45, 2.75) is 52.4 Å². The molecule has 0 radical (unpaired) electrons. The number of hydrogen-bond donors (Lipinski definition) is 0. The summed E-state index contributed by atoms with van der Waals surface area (Å²) < 4.78 is 52.0. The SMILES string of the molecule is Cc1cc(Cc2oc(/C=C/c3ccc(C(F)(F)F)cc3)nc2C)ccc1OC(C)CCn1ccnc1C=O. The van der Waals surface area contributed by atoms with Gasteiger partial charge in [0.1, 0.15) is 11.5 Å². The monoisotopic (exact) mass is 523 g/mol. The van der Waals surface area contributed by atoms with Crippen LogP contribution in [0.1, 0.15) is 63.6 Å². The maximum atomic E-state index is 12.7. The Hall–Kier alpha value is -4.14. The maximum Gasteiger partial charge on any atom is 0.416 e. The Bertz CT molecular complexity index is 1420. The molecule has 0 amide bonds. The Labute approximate surface area is 218 Å². The molecule has 9 heteroatoms. The zero-order valence-corrected chi connectivity index (χ0v) is 21.3. The number of carbonyl (C=O) groups excluding carboxylic acids is 1. The van der Waals surface area contributed by atoms with Crippen molar-refractivity contribution >= 4 is 18.4 Å². The zero-order valence-electron chi connectivity index (χ0n) is 21.3. The van der Waals surface area contributed by atoms with Crippen molar-refractivity contribution in [3.63, 3.8) is 0 Å². The zero-order chi connectivity index (χ0) is 27.3. The van der Waals surface area contributed by atoms with Gasteiger partial charge in [-0.2, -0.15) is 13.2 Å². The maximum absolute atomic E-state index is 12.7. The molecule has 1 atom stereocenters. The van der Waals surface area contributed by atoms with Crippen molar-refractivity contribution in [2.24, 2.45) is 0 Å². The molecule has 38 heavy (non-hydrogen) atoms. The number of benzene rings is 2. The van der Waals surface area contributed by atoms with Crippen LogP contribution in [0, 0.1) is 13.8 Å². The lowest BCUT2D eigenvalue weighted by molar-refractivity contribution is -0.137. The quantitative estimate of drug-likeness (QED) is 0.211. The molecule has 1 unspecified atom stereocenters. The predicted octanol–water partition coefficient (Wildman–Crippen LogP) is 6.94. The van der Waals surface area contributed by atoms with E-state index < -0.39 is 11.7 Å². The summed E-state index contributed by atoms with van der Waals surface area (Å²) in [5.74, 6) is 2.29. The van der Waals surface area contributed by atoms with E-state index in [9.17, 15) is 18.0 Å². The second-order valence-electron chi connectivity index (χ2n) is 9.10. The summed E-state index contributed by atoms with van der Waals surface area (Å²) in [6.07, 6.45) is 4.27. The summed E-state index contributed by atoms with van der Waals surface area (Å²) >= 11 is 0. The Morgan fingerprint density at radius 2 is 1.87 bits per heavy atom. The smallest absolute Gasteiger partial charge is 0.416 e. The third-order valence-corrected chi connectivity index (χ3v) is 6.13. The molecule has 2 heterocycles. The van der Waals surface area contributed by atoms with E-state index in [1.54, 1.807) is 29.1 Å². The summed E-state index contributed by atoms with van der Waals surface area (Å²) in [5.41, 5.74) is 2.70. The van der Waals surface area contributed by atoms with Gasteiger partial charge in [0.25, 0.3) is 0 Å². The number of halogens is 3. The van der Waals surface area contributed by atoms with Gasteiger partial charge in [0.15, 0.2) is 12.1 Å². The fraction of sp³-hybridized carbons (Fsp3) is 0.276. The van der Waals surface area contributed by atoms with Gasteiger partial charge in [-0.05, 0) is 61.7 Å². The predicted molar refractivity (Wildman–Crippen MR) is 138 cm³/mol. The molecule has 0 bridgehead atoms. The topological polar surface area (TPSA) is 70.2 Å². The molecular formula is C29H28F3N3O3. The second-order valence-corrected chi connectivity index (χ2v) is 9.10. The van der Waals surface area contributed by atoms with Crippen LogP contribution >= 0.6 is 0 Å². The van der Waals surface area contributed by atoms with E-state index in [1.807, 2.05) is 39.0 Å². The molecule has 2 aromatic carbocycles. The first kappa shape index (κ1) is 26.9. The number of hydrogen-bond acceptors (Lipinski definition) is 5. The minimum absolute atomic E-state index is 0.0584. The molecule has 4 aromatic rings. The lowest BCUT2D eigenvalue weighted by Crippen LogP contribution is -2.16. The summed E-state index contributed by atoms with van der Waals surface area (Å²) in [6.45, 7) is 6.46. The summed E-state index contributed by atoms with van der Waals surface area (Å²) in [4.78, 5) is 19.4. The lowest BCUT2D eigenvalue weighted by atomic mass is 10.1. The van der Waals surface area contributed by atoms with Crippen molar-refractivity contribution in [1.29, 1.82) is 0 Å². The molecule has 0 fully saturated rings. The summed E-state index contributed by atoms with van der Waals surface area (Å²) in [6, 6.07) is 10.9. The standard InChI is InChI=1S/C29H28F3N3O3/c1-19-16-23(6-10-25(19)37-20(2)12-14-35-15-13-33-27(35)18-36)17-26-21(3)34-28(38-26)11-7-22-4-8-24(9-5-22)29(30,31)32/h4-11,13,15-16,18,20H,12,14,17H2,1-3H3/b11-7+. The molecule has 0 N–H and O–H groups in total. The number of imidazole rings is 1. The highest BCUT2D eigenvalue weighted by atomic mass is 19.4. The number of oxazole rings is 1. The molecule has 2 aromatic heterocycles. The van der Waals surface area contributed by atoms with E-state index in [-0.39, 0.29) is 6.10 Å². The van der Waals surface area contributed by atoms with Crippen LogP contribution in [-0.4, -0.2) is 26.9 Å². The number of ether oxygens (including phenoxy) is 1. The van der Waals surface area contributed by atoms with Gasteiger partial charge in [-0.25, -0.2) is 9.97 Å². The lowest BCUT2D eigenvalue weighted by Gasteiger charge is -2.17. The molecule has 0 spiro atoms. The Balaban J connectivity index is 1.35. The highest BCUT2D eigenvalue weighted by molar-refractivity contribution is 5.69. The van der Waals surface area contributed by atoms with E-state index in [1.165, 1.54) is 12.1 Å². The molecule has 0 aliphatic heterocycles. The molecule has 0 aliphatic rings. The van der Waals surface area contributed by atoms with Crippen LogP contribution in [0.5, 0.6) is 5.75 Å². The number of alkyl halides is 3. The summed E-state index contributed by atoms with van der Waals surface area (Å²) in [7, 11) is 0. The third kappa shape index (κ3) is 6.79. The van der Waals surface area contributed by atoms with Crippen LogP contribution in [0.15, 0.2) is 59.3 Å². The molecule has 0 saturated carbocycles.